The van der Waals surface area contributed by atoms with E-state index in [0.29, 0.717) is 12.8 Å². The Morgan fingerprint density at radius 2 is 1.70 bits per heavy atom. The average Bonchev–Trinajstić information content (AvgIpc) is 2.69. The van der Waals surface area contributed by atoms with Crippen LogP contribution in [0.5, 0.6) is 0 Å². The number of hydrogen-bond acceptors (Lipinski definition) is 2. The fraction of sp³-hybridized carbons (Fsp3) is 0.261. The molecule has 27 heavy (non-hydrogen) atoms. The molecule has 3 nitrogen and oxygen atoms in total. The first-order valence-electron chi connectivity index (χ1n) is 9.33. The molecule has 0 radical (unpaired) electrons. The second kappa shape index (κ2) is 7.71. The Hall–Kier alpha value is -2.36. The smallest absolute Gasteiger partial charge is 0.306 e. The summed E-state index contributed by atoms with van der Waals surface area (Å²) in [5, 5.41) is 12.5. The molecular weight excluding hydrogens is 358 g/mol. The van der Waals surface area contributed by atoms with Crippen LogP contribution in [-0.4, -0.2) is 29.1 Å². The van der Waals surface area contributed by atoms with Crippen LogP contribution in [0.15, 0.2) is 66.7 Å². The van der Waals surface area contributed by atoms with Crippen LogP contribution in [-0.2, 0) is 4.79 Å². The van der Waals surface area contributed by atoms with E-state index < -0.39 is 5.97 Å². The molecule has 1 atom stereocenters. The van der Waals surface area contributed by atoms with Crippen LogP contribution in [0, 0.1) is 5.92 Å². The minimum absolute atomic E-state index is 0.0598. The highest BCUT2D eigenvalue weighted by Crippen LogP contribution is 2.36. The fourth-order valence-corrected chi connectivity index (χ4v) is 4.36. The highest BCUT2D eigenvalue weighted by Gasteiger charge is 2.30. The number of likely N-dealkylation sites (tertiary alicyclic amines) is 1. The topological polar surface area (TPSA) is 40.5 Å². The van der Waals surface area contributed by atoms with Crippen molar-refractivity contribution >= 4 is 28.3 Å². The van der Waals surface area contributed by atoms with Crippen LogP contribution < -0.4 is 0 Å². The SMILES string of the molecule is O=C(O)C1CCN(C(c2cccc(Cl)c2)c2cccc3ccccc23)CC1. The Morgan fingerprint density at radius 3 is 2.44 bits per heavy atom. The van der Waals surface area contributed by atoms with Gasteiger partial charge in [-0.1, -0.05) is 66.2 Å². The fourth-order valence-electron chi connectivity index (χ4n) is 4.16. The Bertz CT molecular complexity index is 958. The van der Waals surface area contributed by atoms with Gasteiger partial charge in [0.15, 0.2) is 0 Å². The lowest BCUT2D eigenvalue weighted by Crippen LogP contribution is -2.39. The number of carboxylic acid groups (broad SMARTS) is 1. The molecule has 1 fully saturated rings. The molecule has 0 aromatic heterocycles. The first-order valence-corrected chi connectivity index (χ1v) is 9.71. The van der Waals surface area contributed by atoms with E-state index >= 15 is 0 Å². The number of hydrogen-bond donors (Lipinski definition) is 1. The molecule has 1 unspecified atom stereocenters. The third-order valence-corrected chi connectivity index (χ3v) is 5.76. The Balaban J connectivity index is 1.78. The second-order valence-electron chi connectivity index (χ2n) is 7.17. The van der Waals surface area contributed by atoms with E-state index in [0.717, 1.165) is 23.7 Å². The number of carbonyl (C=O) groups is 1. The average molecular weight is 380 g/mol. The molecule has 1 heterocycles. The molecule has 1 N–H and O–H groups in total. The maximum Gasteiger partial charge on any atom is 0.306 e. The molecule has 0 aliphatic carbocycles. The molecule has 4 heteroatoms. The van der Waals surface area contributed by atoms with Crippen molar-refractivity contribution in [2.24, 2.45) is 5.92 Å². The van der Waals surface area contributed by atoms with Gasteiger partial charge in [0.2, 0.25) is 0 Å². The van der Waals surface area contributed by atoms with Gasteiger partial charge in [0.1, 0.15) is 0 Å². The zero-order chi connectivity index (χ0) is 18.8. The van der Waals surface area contributed by atoms with Crippen molar-refractivity contribution < 1.29 is 9.90 Å². The van der Waals surface area contributed by atoms with Gasteiger partial charge in [-0.25, -0.2) is 0 Å². The van der Waals surface area contributed by atoms with Crippen LogP contribution >= 0.6 is 11.6 Å². The van der Waals surface area contributed by atoms with Gasteiger partial charge in [0.05, 0.1) is 12.0 Å². The maximum atomic E-state index is 11.4. The molecule has 0 spiro atoms. The van der Waals surface area contributed by atoms with E-state index in [-0.39, 0.29) is 12.0 Å². The lowest BCUT2D eigenvalue weighted by Gasteiger charge is -2.37. The van der Waals surface area contributed by atoms with Crippen molar-refractivity contribution in [2.45, 2.75) is 18.9 Å². The van der Waals surface area contributed by atoms with Gasteiger partial charge >= 0.3 is 5.97 Å². The summed E-state index contributed by atoms with van der Waals surface area (Å²) >= 11 is 6.30. The quantitative estimate of drug-likeness (QED) is 0.661. The van der Waals surface area contributed by atoms with Gasteiger partial charge in [-0.15, -0.1) is 0 Å². The Kier molecular flexibility index (Phi) is 5.15. The van der Waals surface area contributed by atoms with Crippen molar-refractivity contribution in [1.29, 1.82) is 0 Å². The van der Waals surface area contributed by atoms with E-state index in [1.807, 2.05) is 18.2 Å². The predicted molar refractivity (Wildman–Crippen MR) is 109 cm³/mol. The summed E-state index contributed by atoms with van der Waals surface area (Å²) in [7, 11) is 0. The lowest BCUT2D eigenvalue weighted by molar-refractivity contribution is -0.143. The summed E-state index contributed by atoms with van der Waals surface area (Å²) in [6.45, 7) is 1.52. The standard InChI is InChI=1S/C23H22ClNO2/c24-19-8-3-7-18(15-19)22(25-13-11-17(12-14-25)23(26)27)21-10-4-6-16-5-1-2-9-20(16)21/h1-10,15,17,22H,11-14H2,(H,26,27). The molecule has 138 valence electrons. The van der Waals surface area contributed by atoms with E-state index in [4.69, 9.17) is 11.6 Å². The molecule has 4 rings (SSSR count). The van der Waals surface area contributed by atoms with Crippen molar-refractivity contribution in [1.82, 2.24) is 4.90 Å². The van der Waals surface area contributed by atoms with E-state index in [1.54, 1.807) is 0 Å². The van der Waals surface area contributed by atoms with Gasteiger partial charge in [-0.3, -0.25) is 9.69 Å². The lowest BCUT2D eigenvalue weighted by atomic mass is 9.89. The van der Waals surface area contributed by atoms with Crippen LogP contribution in [0.3, 0.4) is 0 Å². The monoisotopic (exact) mass is 379 g/mol. The Morgan fingerprint density at radius 1 is 1.00 bits per heavy atom. The van der Waals surface area contributed by atoms with Gasteiger partial charge in [0, 0.05) is 5.02 Å². The summed E-state index contributed by atoms with van der Waals surface area (Å²) in [4.78, 5) is 13.8. The van der Waals surface area contributed by atoms with Gasteiger partial charge in [-0.2, -0.15) is 0 Å². The molecule has 3 aromatic carbocycles. The van der Waals surface area contributed by atoms with Crippen molar-refractivity contribution in [3.05, 3.63) is 82.9 Å². The van der Waals surface area contributed by atoms with Gasteiger partial charge < -0.3 is 5.11 Å². The maximum absolute atomic E-state index is 11.4. The number of halogens is 1. The summed E-state index contributed by atoms with van der Waals surface area (Å²) in [5.41, 5.74) is 2.39. The third-order valence-electron chi connectivity index (χ3n) is 5.53. The summed E-state index contributed by atoms with van der Waals surface area (Å²) in [5.74, 6) is -0.923. The zero-order valence-electron chi connectivity index (χ0n) is 15.0. The second-order valence-corrected chi connectivity index (χ2v) is 7.61. The molecular formula is C23H22ClNO2. The van der Waals surface area contributed by atoms with Gasteiger partial charge in [-0.05, 0) is 60.0 Å². The number of rotatable bonds is 4. The van der Waals surface area contributed by atoms with Crippen LogP contribution in [0.4, 0.5) is 0 Å². The minimum atomic E-state index is -0.681. The number of benzene rings is 3. The van der Waals surface area contributed by atoms with Crippen LogP contribution in [0.25, 0.3) is 10.8 Å². The number of carboxylic acids is 1. The molecule has 1 aliphatic rings. The number of piperidine rings is 1. The largest absolute Gasteiger partial charge is 0.481 e. The van der Waals surface area contributed by atoms with E-state index in [9.17, 15) is 9.90 Å². The molecule has 0 saturated carbocycles. The minimum Gasteiger partial charge on any atom is -0.481 e. The Labute approximate surface area is 164 Å². The van der Waals surface area contributed by atoms with E-state index in [2.05, 4.69) is 53.4 Å². The highest BCUT2D eigenvalue weighted by molar-refractivity contribution is 6.30. The molecule has 1 saturated heterocycles. The number of aliphatic carboxylic acids is 1. The number of nitrogens with zero attached hydrogens (tertiary/aromatic N) is 1. The first kappa shape index (κ1) is 18.0. The van der Waals surface area contributed by atoms with E-state index in [1.165, 1.54) is 16.3 Å². The van der Waals surface area contributed by atoms with Crippen LogP contribution in [0.2, 0.25) is 5.02 Å². The summed E-state index contributed by atoms with van der Waals surface area (Å²) < 4.78 is 0. The van der Waals surface area contributed by atoms with Gasteiger partial charge in [0.25, 0.3) is 0 Å². The predicted octanol–water partition coefficient (Wildman–Crippen LogP) is 5.38. The zero-order valence-corrected chi connectivity index (χ0v) is 15.8. The highest BCUT2D eigenvalue weighted by atomic mass is 35.5. The van der Waals surface area contributed by atoms with Crippen molar-refractivity contribution in [3.8, 4) is 0 Å². The normalized spacial score (nSPS) is 17.1. The molecule has 0 amide bonds. The molecule has 0 bridgehead atoms. The molecule has 3 aromatic rings. The third kappa shape index (κ3) is 3.71. The molecule has 1 aliphatic heterocycles. The van der Waals surface area contributed by atoms with Crippen LogP contribution in [0.1, 0.15) is 30.0 Å². The first-order chi connectivity index (χ1) is 13.1. The summed E-state index contributed by atoms with van der Waals surface area (Å²) in [6.07, 6.45) is 1.36. The van der Waals surface area contributed by atoms with Crippen molar-refractivity contribution in [3.63, 3.8) is 0 Å². The number of fused-ring (bicyclic) bond motifs is 1. The van der Waals surface area contributed by atoms with Crippen molar-refractivity contribution in [2.75, 3.05) is 13.1 Å². The summed E-state index contributed by atoms with van der Waals surface area (Å²) in [6, 6.07) is 22.9.